The van der Waals surface area contributed by atoms with Crippen LogP contribution in [0.2, 0.25) is 0 Å². The van der Waals surface area contributed by atoms with E-state index in [9.17, 15) is 22.6 Å². The van der Waals surface area contributed by atoms with Crippen LogP contribution < -0.4 is 16.4 Å². The number of hydrogen-bond donors (Lipinski definition) is 5. The van der Waals surface area contributed by atoms with E-state index in [1.165, 1.54) is 12.1 Å². The Morgan fingerprint density at radius 1 is 1.10 bits per heavy atom. The lowest BCUT2D eigenvalue weighted by Gasteiger charge is -2.12. The zero-order valence-corrected chi connectivity index (χ0v) is 16.4. The van der Waals surface area contributed by atoms with Crippen LogP contribution in [0.3, 0.4) is 0 Å². The lowest BCUT2D eigenvalue weighted by atomic mass is 10.1. The van der Waals surface area contributed by atoms with Crippen molar-refractivity contribution in [2.75, 3.05) is 29.9 Å². The number of nitrogens with one attached hydrogen (secondary N) is 2. The molecular formula is C18H25N3O6S2. The van der Waals surface area contributed by atoms with Crippen molar-refractivity contribution in [1.82, 2.24) is 5.32 Å². The second-order valence-corrected chi connectivity index (χ2v) is 8.29. The van der Waals surface area contributed by atoms with Crippen LogP contribution in [0.1, 0.15) is 7.43 Å². The zero-order chi connectivity index (χ0) is 20.7. The first kappa shape index (κ1) is 24.7. The highest BCUT2D eigenvalue weighted by atomic mass is 32.2. The number of amides is 1. The minimum atomic E-state index is -4.34. The van der Waals surface area contributed by atoms with Gasteiger partial charge in [0.2, 0.25) is 5.91 Å². The van der Waals surface area contributed by atoms with E-state index in [0.29, 0.717) is 29.5 Å². The van der Waals surface area contributed by atoms with Crippen molar-refractivity contribution >= 4 is 50.2 Å². The summed E-state index contributed by atoms with van der Waals surface area (Å²) in [7, 11) is -4.34. The van der Waals surface area contributed by atoms with Gasteiger partial charge in [-0.25, -0.2) is 0 Å². The van der Waals surface area contributed by atoms with Crippen molar-refractivity contribution in [1.29, 1.82) is 0 Å². The Kier molecular flexibility index (Phi) is 9.37. The maximum atomic E-state index is 11.7. The molecule has 0 spiro atoms. The summed E-state index contributed by atoms with van der Waals surface area (Å²) >= 11 is 1.14. The predicted molar refractivity (Wildman–Crippen MR) is 115 cm³/mol. The largest absolute Gasteiger partial charge is 0.480 e. The van der Waals surface area contributed by atoms with Crippen LogP contribution >= 0.6 is 11.8 Å². The summed E-state index contributed by atoms with van der Waals surface area (Å²) in [5.41, 5.74) is 6.02. The van der Waals surface area contributed by atoms with Crippen molar-refractivity contribution in [3.05, 3.63) is 36.4 Å². The minimum Gasteiger partial charge on any atom is -0.480 e. The van der Waals surface area contributed by atoms with Crippen molar-refractivity contribution < 1.29 is 27.7 Å². The second kappa shape index (κ2) is 11.0. The summed E-state index contributed by atoms with van der Waals surface area (Å²) in [6, 6.07) is 8.63. The van der Waals surface area contributed by atoms with Gasteiger partial charge in [0.25, 0.3) is 10.1 Å². The highest BCUT2D eigenvalue weighted by Gasteiger charge is 2.15. The number of carboxylic acids is 1. The molecule has 29 heavy (non-hydrogen) atoms. The van der Waals surface area contributed by atoms with Crippen LogP contribution in [0, 0.1) is 0 Å². The molecule has 0 saturated heterocycles. The van der Waals surface area contributed by atoms with E-state index in [1.807, 2.05) is 0 Å². The van der Waals surface area contributed by atoms with Gasteiger partial charge in [0.05, 0.1) is 5.75 Å². The van der Waals surface area contributed by atoms with E-state index in [4.69, 9.17) is 10.8 Å². The van der Waals surface area contributed by atoms with Gasteiger partial charge < -0.3 is 21.5 Å². The number of rotatable bonds is 10. The van der Waals surface area contributed by atoms with Crippen molar-refractivity contribution in [3.8, 4) is 0 Å². The number of carboxylic acid groups (broad SMARTS) is 1. The van der Waals surface area contributed by atoms with Crippen LogP contribution in [0.15, 0.2) is 41.3 Å². The number of carbonyl (C=O) groups is 2. The molecule has 1 atom stereocenters. The molecule has 0 aromatic heterocycles. The fourth-order valence-corrected chi connectivity index (χ4v) is 3.97. The molecule has 1 unspecified atom stereocenters. The van der Waals surface area contributed by atoms with Crippen LogP contribution in [-0.2, 0) is 19.7 Å². The third-order valence-corrected chi connectivity index (χ3v) is 5.74. The summed E-state index contributed by atoms with van der Waals surface area (Å²) in [6.45, 7) is 0.707. The van der Waals surface area contributed by atoms with E-state index >= 15 is 0 Å². The number of benzene rings is 2. The van der Waals surface area contributed by atoms with E-state index < -0.39 is 22.1 Å². The molecule has 9 nitrogen and oxygen atoms in total. The van der Waals surface area contributed by atoms with Gasteiger partial charge in [0.1, 0.15) is 10.9 Å². The Balaban J connectivity index is 0.00000420. The number of carbonyl (C=O) groups excluding carboxylic acids is 1. The van der Waals surface area contributed by atoms with Crippen molar-refractivity contribution in [2.45, 2.75) is 18.4 Å². The van der Waals surface area contributed by atoms with E-state index in [-0.39, 0.29) is 29.7 Å². The lowest BCUT2D eigenvalue weighted by Crippen LogP contribution is -2.34. The molecule has 0 aliphatic heterocycles. The SMILES string of the molecule is C.NC(CSCC(=O)NCCNc1cccc2c(S(=O)(=O)O)cccc12)C(=O)O. The minimum absolute atomic E-state index is 0. The van der Waals surface area contributed by atoms with Gasteiger partial charge in [-0.2, -0.15) is 8.42 Å². The average Bonchev–Trinajstić information content (AvgIpc) is 2.63. The van der Waals surface area contributed by atoms with Gasteiger partial charge in [0.15, 0.2) is 0 Å². The summed E-state index contributed by atoms with van der Waals surface area (Å²) < 4.78 is 32.4. The predicted octanol–water partition coefficient (Wildman–Crippen LogP) is 1.40. The third kappa shape index (κ3) is 7.20. The normalized spacial score (nSPS) is 12.1. The van der Waals surface area contributed by atoms with Crippen LogP contribution in [0.5, 0.6) is 0 Å². The van der Waals surface area contributed by atoms with E-state index in [0.717, 1.165) is 11.8 Å². The van der Waals surface area contributed by atoms with Gasteiger partial charge in [-0.1, -0.05) is 31.7 Å². The summed E-state index contributed by atoms with van der Waals surface area (Å²) in [5, 5.41) is 15.5. The molecule has 0 radical (unpaired) electrons. The number of hydrogen-bond acceptors (Lipinski definition) is 7. The summed E-state index contributed by atoms with van der Waals surface area (Å²) in [6.07, 6.45) is 0. The molecular weight excluding hydrogens is 418 g/mol. The quantitative estimate of drug-likeness (QED) is 0.270. The smallest absolute Gasteiger partial charge is 0.321 e. The number of aliphatic carboxylic acids is 1. The Bertz CT molecular complexity index is 965. The Morgan fingerprint density at radius 3 is 2.41 bits per heavy atom. The molecule has 0 fully saturated rings. The van der Waals surface area contributed by atoms with Crippen LogP contribution in [0.25, 0.3) is 10.8 Å². The maximum Gasteiger partial charge on any atom is 0.321 e. The third-order valence-electron chi connectivity index (χ3n) is 3.77. The molecule has 6 N–H and O–H groups in total. The van der Waals surface area contributed by atoms with Crippen molar-refractivity contribution in [3.63, 3.8) is 0 Å². The number of nitrogens with two attached hydrogens (primary N) is 1. The monoisotopic (exact) mass is 443 g/mol. The van der Waals surface area contributed by atoms with Gasteiger partial charge in [0, 0.05) is 35.3 Å². The van der Waals surface area contributed by atoms with Crippen LogP contribution in [-0.4, -0.2) is 60.6 Å². The Labute approximate surface area is 173 Å². The molecule has 1 amide bonds. The first-order valence-corrected chi connectivity index (χ1v) is 10.9. The highest BCUT2D eigenvalue weighted by Crippen LogP contribution is 2.28. The lowest BCUT2D eigenvalue weighted by molar-refractivity contribution is -0.138. The number of fused-ring (bicyclic) bond motifs is 1. The summed E-state index contributed by atoms with van der Waals surface area (Å²) in [4.78, 5) is 22.2. The van der Waals surface area contributed by atoms with Gasteiger partial charge in [-0.15, -0.1) is 11.8 Å². The van der Waals surface area contributed by atoms with Crippen LogP contribution in [0.4, 0.5) is 5.69 Å². The van der Waals surface area contributed by atoms with E-state index in [1.54, 1.807) is 24.3 Å². The Morgan fingerprint density at radius 2 is 1.76 bits per heavy atom. The molecule has 2 aromatic carbocycles. The maximum absolute atomic E-state index is 11.7. The van der Waals surface area contributed by atoms with E-state index in [2.05, 4.69) is 10.6 Å². The molecule has 2 rings (SSSR count). The standard InChI is InChI=1S/C17H21N3O6S2.CH4/c18-13(17(22)23)9-27-10-16(21)20-8-7-19-14-5-1-4-12-11(14)3-2-6-15(12)28(24,25)26;/h1-6,13,19H,7-10,18H2,(H,20,21)(H,22,23)(H,24,25,26);1H4. The fourth-order valence-electron chi connectivity index (χ4n) is 2.46. The average molecular weight is 444 g/mol. The van der Waals surface area contributed by atoms with Gasteiger partial charge >= 0.3 is 5.97 Å². The molecule has 0 aliphatic carbocycles. The molecule has 0 bridgehead atoms. The molecule has 2 aromatic rings. The van der Waals surface area contributed by atoms with Gasteiger partial charge in [-0.3, -0.25) is 14.1 Å². The first-order valence-electron chi connectivity index (χ1n) is 8.26. The molecule has 0 aliphatic rings. The first-order chi connectivity index (χ1) is 13.2. The zero-order valence-electron chi connectivity index (χ0n) is 14.8. The number of anilines is 1. The summed E-state index contributed by atoms with van der Waals surface area (Å²) in [5.74, 6) is -1.10. The molecule has 11 heteroatoms. The van der Waals surface area contributed by atoms with Gasteiger partial charge in [-0.05, 0) is 12.1 Å². The second-order valence-electron chi connectivity index (χ2n) is 5.87. The van der Waals surface area contributed by atoms with Crippen molar-refractivity contribution in [2.24, 2.45) is 5.73 Å². The molecule has 0 heterocycles. The molecule has 160 valence electrons. The topological polar surface area (TPSA) is 159 Å². The number of thioether (sulfide) groups is 1. The molecule has 0 saturated carbocycles. The fraction of sp³-hybridized carbons (Fsp3) is 0.333. The highest BCUT2D eigenvalue weighted by molar-refractivity contribution is 8.00. The Hall–Kier alpha value is -2.34.